The van der Waals surface area contributed by atoms with Crippen molar-refractivity contribution in [1.82, 2.24) is 0 Å². The van der Waals surface area contributed by atoms with Crippen LogP contribution in [0.5, 0.6) is 5.75 Å². The lowest BCUT2D eigenvalue weighted by molar-refractivity contribution is 0.469. The van der Waals surface area contributed by atoms with Crippen LogP contribution in [0.15, 0.2) is 22.8 Å². The SMILES string of the molecule is Cc1cc(O)c(C)c2occc12. The molecule has 0 spiro atoms. The van der Waals surface area contributed by atoms with E-state index in [9.17, 15) is 5.11 Å². The van der Waals surface area contributed by atoms with Crippen molar-refractivity contribution >= 4 is 11.0 Å². The van der Waals surface area contributed by atoms with E-state index in [1.165, 1.54) is 0 Å². The summed E-state index contributed by atoms with van der Waals surface area (Å²) in [5.74, 6) is 0.301. The molecule has 0 unspecified atom stereocenters. The van der Waals surface area contributed by atoms with E-state index in [2.05, 4.69) is 0 Å². The zero-order chi connectivity index (χ0) is 8.72. The van der Waals surface area contributed by atoms with Crippen molar-refractivity contribution < 1.29 is 9.52 Å². The molecule has 0 bridgehead atoms. The molecule has 0 amide bonds. The fourth-order valence-electron chi connectivity index (χ4n) is 1.42. The van der Waals surface area contributed by atoms with Crippen LogP contribution >= 0.6 is 0 Å². The topological polar surface area (TPSA) is 33.4 Å². The van der Waals surface area contributed by atoms with Crippen molar-refractivity contribution in [1.29, 1.82) is 0 Å². The summed E-state index contributed by atoms with van der Waals surface area (Å²) in [6.45, 7) is 3.80. The van der Waals surface area contributed by atoms with Gasteiger partial charge < -0.3 is 9.52 Å². The first-order valence-corrected chi connectivity index (χ1v) is 3.86. The molecule has 2 rings (SSSR count). The van der Waals surface area contributed by atoms with Gasteiger partial charge in [0.15, 0.2) is 0 Å². The van der Waals surface area contributed by atoms with Crippen LogP contribution in [0, 0.1) is 13.8 Å². The lowest BCUT2D eigenvalue weighted by Gasteiger charge is -2.01. The zero-order valence-electron chi connectivity index (χ0n) is 7.09. The van der Waals surface area contributed by atoms with Gasteiger partial charge in [0.25, 0.3) is 0 Å². The van der Waals surface area contributed by atoms with E-state index in [0.29, 0.717) is 5.75 Å². The van der Waals surface area contributed by atoms with Gasteiger partial charge in [-0.1, -0.05) is 0 Å². The summed E-state index contributed by atoms with van der Waals surface area (Å²) in [5.41, 5.74) is 2.63. The highest BCUT2D eigenvalue weighted by molar-refractivity contribution is 5.85. The number of hydrogen-bond acceptors (Lipinski definition) is 2. The first-order chi connectivity index (χ1) is 5.70. The van der Waals surface area contributed by atoms with Crippen molar-refractivity contribution in [3.63, 3.8) is 0 Å². The van der Waals surface area contributed by atoms with Crippen molar-refractivity contribution in [2.24, 2.45) is 0 Å². The van der Waals surface area contributed by atoms with Crippen LogP contribution in [0.2, 0.25) is 0 Å². The van der Waals surface area contributed by atoms with Gasteiger partial charge in [0.2, 0.25) is 0 Å². The van der Waals surface area contributed by atoms with Crippen LogP contribution in [0.1, 0.15) is 11.1 Å². The molecule has 0 aliphatic rings. The number of hydrogen-bond donors (Lipinski definition) is 1. The molecule has 0 aliphatic carbocycles. The Morgan fingerprint density at radius 2 is 2.08 bits per heavy atom. The van der Waals surface area contributed by atoms with Gasteiger partial charge >= 0.3 is 0 Å². The summed E-state index contributed by atoms with van der Waals surface area (Å²) in [6, 6.07) is 3.67. The Hall–Kier alpha value is -1.44. The Kier molecular flexibility index (Phi) is 1.37. The standard InChI is InChI=1S/C10H10O2/c1-6-5-9(11)7(2)10-8(6)3-4-12-10/h3-5,11H,1-2H3. The van der Waals surface area contributed by atoms with E-state index in [1.54, 1.807) is 12.3 Å². The maximum absolute atomic E-state index is 9.46. The third-order valence-electron chi connectivity index (χ3n) is 2.17. The molecule has 62 valence electrons. The summed E-state index contributed by atoms with van der Waals surface area (Å²) < 4.78 is 5.25. The predicted molar refractivity (Wildman–Crippen MR) is 47.4 cm³/mol. The number of aryl methyl sites for hydroxylation is 2. The summed E-state index contributed by atoms with van der Waals surface area (Å²) in [5, 5.41) is 10.5. The van der Waals surface area contributed by atoms with Gasteiger partial charge in [0, 0.05) is 10.9 Å². The fraction of sp³-hybridized carbons (Fsp3) is 0.200. The van der Waals surface area contributed by atoms with Gasteiger partial charge in [0.05, 0.1) is 6.26 Å². The first-order valence-electron chi connectivity index (χ1n) is 3.86. The van der Waals surface area contributed by atoms with Crippen LogP contribution < -0.4 is 0 Å². The molecule has 12 heavy (non-hydrogen) atoms. The second-order valence-electron chi connectivity index (χ2n) is 3.00. The van der Waals surface area contributed by atoms with E-state index in [-0.39, 0.29) is 0 Å². The zero-order valence-corrected chi connectivity index (χ0v) is 7.09. The minimum Gasteiger partial charge on any atom is -0.508 e. The minimum atomic E-state index is 0.301. The summed E-state index contributed by atoms with van der Waals surface area (Å²) in [4.78, 5) is 0. The maximum atomic E-state index is 9.46. The highest BCUT2D eigenvalue weighted by atomic mass is 16.3. The highest BCUT2D eigenvalue weighted by Crippen LogP contribution is 2.29. The smallest absolute Gasteiger partial charge is 0.140 e. The summed E-state index contributed by atoms with van der Waals surface area (Å²) >= 11 is 0. The second-order valence-corrected chi connectivity index (χ2v) is 3.00. The molecule has 0 radical (unpaired) electrons. The molecule has 1 N–H and O–H groups in total. The molecule has 2 nitrogen and oxygen atoms in total. The summed E-state index contributed by atoms with van der Waals surface area (Å²) in [7, 11) is 0. The van der Waals surface area contributed by atoms with E-state index < -0.39 is 0 Å². The first kappa shape index (κ1) is 7.22. The number of phenolic OH excluding ortho intramolecular Hbond substituents is 1. The van der Waals surface area contributed by atoms with E-state index in [0.717, 1.165) is 22.1 Å². The third-order valence-corrected chi connectivity index (χ3v) is 2.17. The molecule has 0 saturated carbocycles. The minimum absolute atomic E-state index is 0.301. The number of rotatable bonds is 0. The molecule has 0 saturated heterocycles. The quantitative estimate of drug-likeness (QED) is 0.646. The molecule has 1 aromatic heterocycles. The molecular formula is C10H10O2. The molecule has 2 aromatic rings. The molecule has 1 aromatic carbocycles. The molecule has 1 heterocycles. The third kappa shape index (κ3) is 0.811. The van der Waals surface area contributed by atoms with Crippen molar-refractivity contribution in [2.45, 2.75) is 13.8 Å². The lowest BCUT2D eigenvalue weighted by atomic mass is 10.1. The number of furan rings is 1. The number of benzene rings is 1. The van der Waals surface area contributed by atoms with Crippen LogP contribution in [0.4, 0.5) is 0 Å². The van der Waals surface area contributed by atoms with E-state index >= 15 is 0 Å². The van der Waals surface area contributed by atoms with Crippen LogP contribution in [0.25, 0.3) is 11.0 Å². The van der Waals surface area contributed by atoms with Crippen LogP contribution in [-0.2, 0) is 0 Å². The van der Waals surface area contributed by atoms with Crippen molar-refractivity contribution in [3.8, 4) is 5.75 Å². The van der Waals surface area contributed by atoms with Crippen LogP contribution in [-0.4, -0.2) is 5.11 Å². The Labute approximate surface area is 70.4 Å². The van der Waals surface area contributed by atoms with Gasteiger partial charge in [-0.3, -0.25) is 0 Å². The van der Waals surface area contributed by atoms with E-state index in [4.69, 9.17) is 4.42 Å². The molecule has 0 fully saturated rings. The van der Waals surface area contributed by atoms with Gasteiger partial charge in [-0.15, -0.1) is 0 Å². The van der Waals surface area contributed by atoms with Crippen molar-refractivity contribution in [2.75, 3.05) is 0 Å². The Morgan fingerprint density at radius 1 is 1.33 bits per heavy atom. The van der Waals surface area contributed by atoms with E-state index in [1.807, 2.05) is 19.9 Å². The summed E-state index contributed by atoms with van der Waals surface area (Å²) in [6.07, 6.45) is 1.64. The Morgan fingerprint density at radius 3 is 2.83 bits per heavy atom. The molecule has 0 aliphatic heterocycles. The second kappa shape index (κ2) is 2.27. The van der Waals surface area contributed by atoms with Gasteiger partial charge in [-0.05, 0) is 31.5 Å². The fourth-order valence-corrected chi connectivity index (χ4v) is 1.42. The average molecular weight is 162 g/mol. The molecule has 2 heteroatoms. The maximum Gasteiger partial charge on any atom is 0.140 e. The normalized spacial score (nSPS) is 10.8. The monoisotopic (exact) mass is 162 g/mol. The Bertz CT molecular complexity index is 427. The Balaban J connectivity index is 2.97. The van der Waals surface area contributed by atoms with Crippen molar-refractivity contribution in [3.05, 3.63) is 29.5 Å². The highest BCUT2D eigenvalue weighted by Gasteiger charge is 2.07. The predicted octanol–water partition coefficient (Wildman–Crippen LogP) is 2.76. The van der Waals surface area contributed by atoms with Gasteiger partial charge in [-0.2, -0.15) is 0 Å². The van der Waals surface area contributed by atoms with Gasteiger partial charge in [0.1, 0.15) is 11.3 Å². The molecular weight excluding hydrogens is 152 g/mol. The van der Waals surface area contributed by atoms with Gasteiger partial charge in [-0.25, -0.2) is 0 Å². The average Bonchev–Trinajstić information content (AvgIpc) is 2.48. The van der Waals surface area contributed by atoms with Crippen LogP contribution in [0.3, 0.4) is 0 Å². The lowest BCUT2D eigenvalue weighted by Crippen LogP contribution is -1.79. The number of aromatic hydroxyl groups is 1. The number of phenols is 1. The molecule has 0 atom stereocenters. The number of fused-ring (bicyclic) bond motifs is 1. The largest absolute Gasteiger partial charge is 0.508 e.